The molecule has 2 atom stereocenters. The van der Waals surface area contributed by atoms with E-state index in [2.05, 4.69) is 11.8 Å². The first kappa shape index (κ1) is 21.6. The second-order valence-electron chi connectivity index (χ2n) is 6.71. The topological polar surface area (TPSA) is 72.9 Å². The molecule has 0 N–H and O–H groups in total. The summed E-state index contributed by atoms with van der Waals surface area (Å²) in [5, 5.41) is 0. The molecule has 1 aliphatic rings. The van der Waals surface area contributed by atoms with E-state index in [1.807, 2.05) is 13.8 Å². The number of nitrogens with zero attached hydrogens (tertiary/aromatic N) is 1. The predicted octanol–water partition coefficient (Wildman–Crippen LogP) is 2.53. The second kappa shape index (κ2) is 8.55. The maximum atomic E-state index is 13.3. The van der Waals surface area contributed by atoms with Gasteiger partial charge >= 0.3 is 5.97 Å². The summed E-state index contributed by atoms with van der Waals surface area (Å²) in [5.41, 5.74) is 0. The summed E-state index contributed by atoms with van der Waals surface area (Å²) < 4.78 is 37.7. The van der Waals surface area contributed by atoms with Crippen LogP contribution in [0.3, 0.4) is 0 Å². The SMILES string of the molecule is CC#CCOc1ccc(S(=O)(=O)N2[C@@H](C(=O)OC)C(C)(C)SC[C@@H]2C)cc1. The lowest BCUT2D eigenvalue weighted by Gasteiger charge is -2.46. The Morgan fingerprint density at radius 2 is 1.96 bits per heavy atom. The van der Waals surface area contributed by atoms with Crippen molar-refractivity contribution in [1.82, 2.24) is 4.31 Å². The van der Waals surface area contributed by atoms with E-state index in [0.717, 1.165) is 0 Å². The third kappa shape index (κ3) is 4.60. The van der Waals surface area contributed by atoms with E-state index in [4.69, 9.17) is 9.47 Å². The minimum atomic E-state index is -3.89. The van der Waals surface area contributed by atoms with Crippen LogP contribution in [0.2, 0.25) is 0 Å². The molecule has 1 aliphatic heterocycles. The van der Waals surface area contributed by atoms with Crippen molar-refractivity contribution in [2.45, 2.75) is 49.4 Å². The fourth-order valence-corrected chi connectivity index (χ4v) is 6.20. The van der Waals surface area contributed by atoms with Gasteiger partial charge in [0.2, 0.25) is 10.0 Å². The van der Waals surface area contributed by atoms with Crippen molar-refractivity contribution >= 4 is 27.8 Å². The zero-order valence-electron chi connectivity index (χ0n) is 16.2. The Labute approximate surface area is 165 Å². The highest BCUT2D eigenvalue weighted by atomic mass is 32.2. The summed E-state index contributed by atoms with van der Waals surface area (Å²) >= 11 is 1.57. The first-order valence-electron chi connectivity index (χ1n) is 8.53. The Bertz CT molecular complexity index is 837. The molecule has 0 spiro atoms. The monoisotopic (exact) mass is 411 g/mol. The van der Waals surface area contributed by atoms with E-state index in [1.54, 1.807) is 37.7 Å². The smallest absolute Gasteiger partial charge is 0.325 e. The Hall–Kier alpha value is -1.69. The van der Waals surface area contributed by atoms with Gasteiger partial charge in [-0.05, 0) is 52.0 Å². The van der Waals surface area contributed by atoms with Gasteiger partial charge in [0.05, 0.1) is 12.0 Å². The average molecular weight is 412 g/mol. The molecule has 148 valence electrons. The molecule has 0 unspecified atom stereocenters. The normalized spacial score (nSPS) is 22.4. The van der Waals surface area contributed by atoms with E-state index in [0.29, 0.717) is 11.5 Å². The minimum Gasteiger partial charge on any atom is -0.481 e. The molecule has 0 amide bonds. The van der Waals surface area contributed by atoms with Gasteiger partial charge in [0.15, 0.2) is 0 Å². The molecule has 0 bridgehead atoms. The van der Waals surface area contributed by atoms with Crippen LogP contribution in [0.25, 0.3) is 0 Å². The standard InChI is InChI=1S/C19H25NO5S2/c1-6-7-12-25-15-8-10-16(11-9-15)27(22,23)20-14(2)13-26-19(3,4)17(20)18(21)24-5/h8-11,14,17H,12-13H2,1-5H3/t14-,17-/m0/s1. The molecule has 1 heterocycles. The van der Waals surface area contributed by atoms with Crippen molar-refractivity contribution in [3.8, 4) is 17.6 Å². The third-order valence-electron chi connectivity index (χ3n) is 4.36. The number of sulfonamides is 1. The Balaban J connectivity index is 2.39. The van der Waals surface area contributed by atoms with Crippen LogP contribution in [-0.2, 0) is 19.6 Å². The molecule has 1 aromatic rings. The minimum absolute atomic E-state index is 0.111. The van der Waals surface area contributed by atoms with Crippen molar-refractivity contribution in [3.63, 3.8) is 0 Å². The number of carbonyl (C=O) groups excluding carboxylic acids is 1. The lowest BCUT2D eigenvalue weighted by Crippen LogP contribution is -2.62. The summed E-state index contributed by atoms with van der Waals surface area (Å²) in [7, 11) is -2.62. The summed E-state index contributed by atoms with van der Waals surface area (Å²) in [6, 6.07) is 4.90. The Morgan fingerprint density at radius 1 is 1.33 bits per heavy atom. The highest BCUT2D eigenvalue weighted by Gasteiger charge is 2.51. The van der Waals surface area contributed by atoms with Crippen LogP contribution in [0.1, 0.15) is 27.7 Å². The first-order chi connectivity index (χ1) is 12.6. The molecule has 0 saturated carbocycles. The molecule has 6 nitrogen and oxygen atoms in total. The van der Waals surface area contributed by atoms with Crippen molar-refractivity contribution in [3.05, 3.63) is 24.3 Å². The van der Waals surface area contributed by atoms with Crippen LogP contribution < -0.4 is 4.74 Å². The zero-order valence-corrected chi connectivity index (χ0v) is 17.8. The molecular weight excluding hydrogens is 386 g/mol. The molecular formula is C19H25NO5S2. The summed E-state index contributed by atoms with van der Waals surface area (Å²) in [6.45, 7) is 7.48. The van der Waals surface area contributed by atoms with E-state index >= 15 is 0 Å². The van der Waals surface area contributed by atoms with Gasteiger partial charge in [-0.3, -0.25) is 4.79 Å². The molecule has 0 radical (unpaired) electrons. The van der Waals surface area contributed by atoms with Gasteiger partial charge in [0.1, 0.15) is 18.4 Å². The number of hydrogen-bond acceptors (Lipinski definition) is 6. The van der Waals surface area contributed by atoms with Crippen molar-refractivity contribution < 1.29 is 22.7 Å². The molecule has 1 aromatic carbocycles. The molecule has 2 rings (SSSR count). The van der Waals surface area contributed by atoms with Crippen LogP contribution in [0, 0.1) is 11.8 Å². The highest BCUT2D eigenvalue weighted by Crippen LogP contribution is 2.41. The van der Waals surface area contributed by atoms with Gasteiger partial charge < -0.3 is 9.47 Å². The highest BCUT2D eigenvalue weighted by molar-refractivity contribution is 8.01. The molecule has 0 aliphatic carbocycles. The van der Waals surface area contributed by atoms with Gasteiger partial charge in [-0.2, -0.15) is 16.1 Å². The van der Waals surface area contributed by atoms with Crippen molar-refractivity contribution in [1.29, 1.82) is 0 Å². The number of esters is 1. The lowest BCUT2D eigenvalue weighted by molar-refractivity contribution is -0.146. The van der Waals surface area contributed by atoms with E-state index in [9.17, 15) is 13.2 Å². The third-order valence-corrected chi connectivity index (χ3v) is 7.97. The summed E-state index contributed by atoms with van der Waals surface area (Å²) in [5.74, 6) is 6.08. The number of thioether (sulfide) groups is 1. The van der Waals surface area contributed by atoms with Crippen LogP contribution in [0.4, 0.5) is 0 Å². The predicted molar refractivity (Wildman–Crippen MR) is 106 cm³/mol. The zero-order chi connectivity index (χ0) is 20.2. The Morgan fingerprint density at radius 3 is 2.52 bits per heavy atom. The molecule has 8 heteroatoms. The number of ether oxygens (including phenoxy) is 2. The van der Waals surface area contributed by atoms with Gasteiger partial charge in [-0.25, -0.2) is 8.42 Å². The molecule has 1 fully saturated rings. The van der Waals surface area contributed by atoms with Gasteiger partial charge in [0.25, 0.3) is 0 Å². The fraction of sp³-hybridized carbons (Fsp3) is 0.526. The van der Waals surface area contributed by atoms with Crippen molar-refractivity contribution in [2.75, 3.05) is 19.5 Å². The lowest BCUT2D eigenvalue weighted by atomic mass is 10.0. The molecule has 27 heavy (non-hydrogen) atoms. The van der Waals surface area contributed by atoms with E-state index in [1.165, 1.54) is 23.5 Å². The van der Waals surface area contributed by atoms with Crippen LogP contribution >= 0.6 is 11.8 Å². The average Bonchev–Trinajstić information content (AvgIpc) is 2.63. The number of rotatable bonds is 5. The van der Waals surface area contributed by atoms with E-state index in [-0.39, 0.29) is 17.5 Å². The van der Waals surface area contributed by atoms with Gasteiger partial charge in [-0.15, -0.1) is 5.92 Å². The number of benzene rings is 1. The van der Waals surface area contributed by atoms with Crippen LogP contribution in [-0.4, -0.2) is 55.0 Å². The Kier molecular flexibility index (Phi) is 6.84. The molecule has 0 aromatic heterocycles. The number of carbonyl (C=O) groups is 1. The van der Waals surface area contributed by atoms with E-state index < -0.39 is 26.8 Å². The first-order valence-corrected chi connectivity index (χ1v) is 11.0. The fourth-order valence-electron chi connectivity index (χ4n) is 2.94. The summed E-state index contributed by atoms with van der Waals surface area (Å²) in [4.78, 5) is 12.6. The molecule has 1 saturated heterocycles. The number of hydrogen-bond donors (Lipinski definition) is 0. The quantitative estimate of drug-likeness (QED) is 0.548. The second-order valence-corrected chi connectivity index (χ2v) is 10.2. The van der Waals surface area contributed by atoms with Crippen LogP contribution in [0.5, 0.6) is 5.75 Å². The van der Waals surface area contributed by atoms with Gasteiger partial charge in [-0.1, -0.05) is 5.92 Å². The van der Waals surface area contributed by atoms with Crippen molar-refractivity contribution in [2.24, 2.45) is 0 Å². The van der Waals surface area contributed by atoms with Gasteiger partial charge in [0, 0.05) is 16.5 Å². The largest absolute Gasteiger partial charge is 0.481 e. The maximum Gasteiger partial charge on any atom is 0.325 e. The summed E-state index contributed by atoms with van der Waals surface area (Å²) in [6.07, 6.45) is 0. The number of methoxy groups -OCH3 is 1. The van der Waals surface area contributed by atoms with Crippen LogP contribution in [0.15, 0.2) is 29.2 Å². The maximum absolute atomic E-state index is 13.3.